The number of rotatable bonds is 11. The summed E-state index contributed by atoms with van der Waals surface area (Å²) in [5.41, 5.74) is 2.59. The van der Waals surface area contributed by atoms with E-state index in [0.29, 0.717) is 11.3 Å². The zero-order valence-electron chi connectivity index (χ0n) is 18.7. The summed E-state index contributed by atoms with van der Waals surface area (Å²) in [4.78, 5) is 13.5. The SMILES string of the molecule is CCCCCCc1ccc(C2C(CCCc3ccc(C(=O)OC)s3)C(Cl)C[C@H]2O)cc1. The van der Waals surface area contributed by atoms with Crippen LogP contribution in [0, 0.1) is 5.92 Å². The molecule has 5 heteroatoms. The molecular weight excluding hydrogens is 428 g/mol. The van der Waals surface area contributed by atoms with Crippen LogP contribution in [0.3, 0.4) is 0 Å². The Morgan fingerprint density at radius 3 is 2.58 bits per heavy atom. The van der Waals surface area contributed by atoms with Gasteiger partial charge in [-0.1, -0.05) is 50.5 Å². The molecule has 31 heavy (non-hydrogen) atoms. The lowest BCUT2D eigenvalue weighted by Crippen LogP contribution is -2.19. The van der Waals surface area contributed by atoms with Crippen LogP contribution in [0.15, 0.2) is 36.4 Å². The van der Waals surface area contributed by atoms with Gasteiger partial charge in [-0.25, -0.2) is 4.79 Å². The highest BCUT2D eigenvalue weighted by atomic mass is 35.5. The third-order valence-corrected chi connectivity index (χ3v) is 8.13. The molecule has 1 fully saturated rings. The average Bonchev–Trinajstić information content (AvgIpc) is 3.35. The fourth-order valence-electron chi connectivity index (χ4n) is 4.79. The highest BCUT2D eigenvalue weighted by Gasteiger charge is 2.41. The largest absolute Gasteiger partial charge is 0.465 e. The fourth-order valence-corrected chi connectivity index (χ4v) is 6.22. The minimum Gasteiger partial charge on any atom is -0.465 e. The highest BCUT2D eigenvalue weighted by Crippen LogP contribution is 2.45. The molecule has 0 saturated heterocycles. The van der Waals surface area contributed by atoms with Gasteiger partial charge in [-0.15, -0.1) is 22.9 Å². The van der Waals surface area contributed by atoms with Crippen LogP contribution in [0.25, 0.3) is 0 Å². The first kappa shape index (κ1) is 24.3. The average molecular weight is 463 g/mol. The molecule has 3 unspecified atom stereocenters. The number of carbonyl (C=O) groups excluding carboxylic acids is 1. The maximum absolute atomic E-state index is 11.6. The van der Waals surface area contributed by atoms with Crippen molar-refractivity contribution in [3.8, 4) is 0 Å². The number of thiophene rings is 1. The predicted molar refractivity (Wildman–Crippen MR) is 129 cm³/mol. The number of esters is 1. The van der Waals surface area contributed by atoms with Gasteiger partial charge in [-0.2, -0.15) is 0 Å². The second-order valence-electron chi connectivity index (χ2n) is 8.71. The molecule has 2 aromatic rings. The summed E-state index contributed by atoms with van der Waals surface area (Å²) in [6, 6.07) is 12.7. The van der Waals surface area contributed by atoms with E-state index >= 15 is 0 Å². The Bertz CT molecular complexity index is 816. The molecule has 0 spiro atoms. The van der Waals surface area contributed by atoms with Crippen molar-refractivity contribution in [2.75, 3.05) is 7.11 Å². The number of ether oxygens (including phenoxy) is 1. The first-order valence-electron chi connectivity index (χ1n) is 11.6. The van der Waals surface area contributed by atoms with Gasteiger partial charge in [0.2, 0.25) is 0 Å². The van der Waals surface area contributed by atoms with Crippen molar-refractivity contribution >= 4 is 28.9 Å². The number of aryl methyl sites for hydroxylation is 2. The molecule has 170 valence electrons. The summed E-state index contributed by atoms with van der Waals surface area (Å²) >= 11 is 8.18. The van der Waals surface area contributed by atoms with Gasteiger partial charge in [0.25, 0.3) is 0 Å². The van der Waals surface area contributed by atoms with E-state index in [-0.39, 0.29) is 29.3 Å². The maximum Gasteiger partial charge on any atom is 0.348 e. The summed E-state index contributed by atoms with van der Waals surface area (Å²) in [7, 11) is 1.41. The third-order valence-electron chi connectivity index (χ3n) is 6.50. The number of halogens is 1. The topological polar surface area (TPSA) is 46.5 Å². The number of aliphatic hydroxyl groups is 1. The zero-order valence-corrected chi connectivity index (χ0v) is 20.3. The molecule has 1 saturated carbocycles. The Balaban J connectivity index is 1.57. The van der Waals surface area contributed by atoms with E-state index in [1.807, 2.05) is 12.1 Å². The van der Waals surface area contributed by atoms with Crippen molar-refractivity contribution in [2.24, 2.45) is 5.92 Å². The molecule has 0 aliphatic heterocycles. The van der Waals surface area contributed by atoms with Gasteiger partial charge in [0.05, 0.1) is 13.2 Å². The van der Waals surface area contributed by atoms with E-state index in [1.54, 1.807) is 0 Å². The van der Waals surface area contributed by atoms with Crippen LogP contribution in [0.1, 0.15) is 83.5 Å². The van der Waals surface area contributed by atoms with Crippen molar-refractivity contribution in [2.45, 2.75) is 82.1 Å². The Morgan fingerprint density at radius 1 is 1.10 bits per heavy atom. The molecule has 0 radical (unpaired) electrons. The Labute approximate surface area is 195 Å². The van der Waals surface area contributed by atoms with Crippen molar-refractivity contribution in [1.82, 2.24) is 0 Å². The monoisotopic (exact) mass is 462 g/mol. The summed E-state index contributed by atoms with van der Waals surface area (Å²) in [5, 5.41) is 10.7. The van der Waals surface area contributed by atoms with E-state index in [1.165, 1.54) is 60.1 Å². The van der Waals surface area contributed by atoms with Gasteiger partial charge in [-0.3, -0.25) is 0 Å². The smallest absolute Gasteiger partial charge is 0.348 e. The molecular formula is C26H35ClO3S. The highest BCUT2D eigenvalue weighted by molar-refractivity contribution is 7.13. The van der Waals surface area contributed by atoms with Crippen LogP contribution in [0.5, 0.6) is 0 Å². The molecule has 1 N–H and O–H groups in total. The molecule has 0 bridgehead atoms. The summed E-state index contributed by atoms with van der Waals surface area (Å²) in [6.07, 6.45) is 9.39. The molecule has 1 aromatic heterocycles. The minimum absolute atomic E-state index is 0.00249. The van der Waals surface area contributed by atoms with E-state index in [2.05, 4.69) is 31.2 Å². The van der Waals surface area contributed by atoms with Gasteiger partial charge in [0.1, 0.15) is 4.88 Å². The van der Waals surface area contributed by atoms with Crippen LogP contribution in [-0.2, 0) is 17.6 Å². The molecule has 4 atom stereocenters. The lowest BCUT2D eigenvalue weighted by molar-refractivity contribution is 0.0606. The number of hydrogen-bond donors (Lipinski definition) is 1. The third kappa shape index (κ3) is 6.57. The number of alkyl halides is 1. The van der Waals surface area contributed by atoms with Crippen LogP contribution >= 0.6 is 22.9 Å². The number of benzene rings is 1. The zero-order chi connectivity index (χ0) is 22.2. The second kappa shape index (κ2) is 12.0. The van der Waals surface area contributed by atoms with E-state index in [4.69, 9.17) is 16.3 Å². The van der Waals surface area contributed by atoms with Gasteiger partial charge < -0.3 is 9.84 Å². The van der Waals surface area contributed by atoms with E-state index in [0.717, 1.165) is 25.7 Å². The lowest BCUT2D eigenvalue weighted by atomic mass is 9.84. The Morgan fingerprint density at radius 2 is 1.87 bits per heavy atom. The van der Waals surface area contributed by atoms with Gasteiger partial charge in [-0.05, 0) is 67.7 Å². The van der Waals surface area contributed by atoms with Crippen LogP contribution < -0.4 is 0 Å². The van der Waals surface area contributed by atoms with Gasteiger partial charge >= 0.3 is 5.97 Å². The van der Waals surface area contributed by atoms with Crippen LogP contribution in [-0.4, -0.2) is 29.7 Å². The Hall–Kier alpha value is -1.36. The molecule has 3 nitrogen and oxygen atoms in total. The van der Waals surface area contributed by atoms with E-state index < -0.39 is 0 Å². The summed E-state index contributed by atoms with van der Waals surface area (Å²) < 4.78 is 4.79. The molecule has 1 aliphatic rings. The van der Waals surface area contributed by atoms with Crippen molar-refractivity contribution in [1.29, 1.82) is 0 Å². The van der Waals surface area contributed by atoms with Gasteiger partial charge in [0, 0.05) is 16.2 Å². The van der Waals surface area contributed by atoms with E-state index in [9.17, 15) is 9.90 Å². The first-order valence-corrected chi connectivity index (χ1v) is 12.9. The number of unbranched alkanes of at least 4 members (excludes halogenated alkanes) is 3. The van der Waals surface area contributed by atoms with Crippen LogP contribution in [0.2, 0.25) is 0 Å². The minimum atomic E-state index is -0.379. The molecule has 1 heterocycles. The number of methoxy groups -OCH3 is 1. The molecule has 3 rings (SSSR count). The normalized spacial score (nSPS) is 23.2. The van der Waals surface area contributed by atoms with Crippen molar-refractivity contribution in [3.63, 3.8) is 0 Å². The first-order chi connectivity index (χ1) is 15.0. The van der Waals surface area contributed by atoms with Crippen molar-refractivity contribution < 1.29 is 14.6 Å². The Kier molecular flexibility index (Phi) is 9.43. The quantitative estimate of drug-likeness (QED) is 0.228. The molecule has 0 amide bonds. The van der Waals surface area contributed by atoms with Crippen LogP contribution in [0.4, 0.5) is 0 Å². The number of aliphatic hydroxyl groups excluding tert-OH is 1. The summed E-state index contributed by atoms with van der Waals surface area (Å²) in [6.45, 7) is 2.24. The second-order valence-corrected chi connectivity index (χ2v) is 10.4. The lowest BCUT2D eigenvalue weighted by Gasteiger charge is -2.24. The summed E-state index contributed by atoms with van der Waals surface area (Å²) in [5.74, 6) is 0.0996. The molecule has 1 aliphatic carbocycles. The molecule has 1 aromatic carbocycles. The maximum atomic E-state index is 11.6. The van der Waals surface area contributed by atoms with Crippen molar-refractivity contribution in [3.05, 3.63) is 57.3 Å². The fraction of sp³-hybridized carbons (Fsp3) is 0.577. The van der Waals surface area contributed by atoms with Gasteiger partial charge in [0.15, 0.2) is 0 Å². The standard InChI is InChI=1S/C26H35ClO3S/c1-3-4-5-6-8-18-11-13-19(14-12-18)25-21(22(27)17-23(25)28)10-7-9-20-15-16-24(31-20)26(29)30-2/h11-16,21-23,25,28H,3-10,17H2,1-2H3/t21?,22?,23-,25?/m1/s1. The number of hydrogen-bond acceptors (Lipinski definition) is 4. The number of carbonyl (C=O) groups is 1. The predicted octanol–water partition coefficient (Wildman–Crippen LogP) is 6.75.